The molecule has 1 heterocycles. The van der Waals surface area contributed by atoms with Crippen molar-refractivity contribution in [3.63, 3.8) is 0 Å². The Kier molecular flexibility index (Phi) is 3.05. The molecule has 0 atom stereocenters. The summed E-state index contributed by atoms with van der Waals surface area (Å²) in [6.07, 6.45) is 0. The molecule has 0 saturated carbocycles. The van der Waals surface area contributed by atoms with Gasteiger partial charge in [0.25, 0.3) is 0 Å². The molecule has 2 N–H and O–H groups in total. The third-order valence-electron chi connectivity index (χ3n) is 1.79. The summed E-state index contributed by atoms with van der Waals surface area (Å²) in [7, 11) is 0. The molecule has 0 spiro atoms. The second-order valence-corrected chi connectivity index (χ2v) is 4.44. The van der Waals surface area contributed by atoms with Gasteiger partial charge >= 0.3 is 5.97 Å². The lowest BCUT2D eigenvalue weighted by Gasteiger charge is -2.18. The van der Waals surface area contributed by atoms with Crippen LogP contribution in [0.15, 0.2) is 0 Å². The summed E-state index contributed by atoms with van der Waals surface area (Å²) >= 11 is 1.24. The number of anilines is 1. The van der Waals surface area contributed by atoms with Crippen molar-refractivity contribution in [2.45, 2.75) is 20.8 Å². The lowest BCUT2D eigenvalue weighted by Crippen LogP contribution is -2.31. The average Bonchev–Trinajstić information content (AvgIpc) is 2.48. The van der Waals surface area contributed by atoms with Gasteiger partial charge in [0, 0.05) is 18.1 Å². The normalized spacial score (nSPS) is 11.4. The largest absolute Gasteiger partial charge is 0.481 e. The quantitative estimate of drug-likeness (QED) is 0.793. The van der Waals surface area contributed by atoms with Gasteiger partial charge in [0.15, 0.2) is 0 Å². The van der Waals surface area contributed by atoms with Gasteiger partial charge in [-0.1, -0.05) is 0 Å². The Hall–Kier alpha value is -1.17. The maximum absolute atomic E-state index is 10.8. The molecular formula is C8H13N3O2S. The molecule has 0 aliphatic carbocycles. The van der Waals surface area contributed by atoms with E-state index in [4.69, 9.17) is 5.11 Å². The minimum atomic E-state index is -0.828. The number of nitrogens with one attached hydrogen (secondary N) is 1. The minimum Gasteiger partial charge on any atom is -0.481 e. The lowest BCUT2D eigenvalue weighted by molar-refractivity contribution is -0.146. The van der Waals surface area contributed by atoms with Gasteiger partial charge in [-0.05, 0) is 20.8 Å². The molecule has 0 radical (unpaired) electrons. The third kappa shape index (κ3) is 2.66. The van der Waals surface area contributed by atoms with Crippen molar-refractivity contribution >= 4 is 22.6 Å². The van der Waals surface area contributed by atoms with E-state index in [2.05, 4.69) is 14.7 Å². The topological polar surface area (TPSA) is 75.1 Å². The standard InChI is InChI=1S/C8H13N3O2S/c1-5-10-7(14-11-5)9-4-8(2,3)6(12)13/h4H2,1-3H3,(H,12,13)(H,9,10,11). The summed E-state index contributed by atoms with van der Waals surface area (Å²) in [5.74, 6) is -0.128. The van der Waals surface area contributed by atoms with E-state index in [9.17, 15) is 4.79 Å². The predicted molar refractivity (Wildman–Crippen MR) is 54.6 cm³/mol. The van der Waals surface area contributed by atoms with Gasteiger partial charge in [-0.2, -0.15) is 4.37 Å². The number of aromatic nitrogens is 2. The monoisotopic (exact) mass is 215 g/mol. The molecule has 0 aromatic carbocycles. The lowest BCUT2D eigenvalue weighted by atomic mass is 9.94. The summed E-state index contributed by atoms with van der Waals surface area (Å²) < 4.78 is 3.98. The van der Waals surface area contributed by atoms with Crippen LogP contribution in [0.3, 0.4) is 0 Å². The van der Waals surface area contributed by atoms with Crippen LogP contribution in [0.4, 0.5) is 5.13 Å². The molecule has 0 saturated heterocycles. The van der Waals surface area contributed by atoms with E-state index >= 15 is 0 Å². The number of carboxylic acids is 1. The molecule has 0 amide bonds. The second kappa shape index (κ2) is 3.91. The Morgan fingerprint density at radius 1 is 1.64 bits per heavy atom. The Balaban J connectivity index is 2.52. The number of carboxylic acid groups (broad SMARTS) is 1. The average molecular weight is 215 g/mol. The maximum atomic E-state index is 10.8. The molecule has 0 bridgehead atoms. The van der Waals surface area contributed by atoms with Crippen molar-refractivity contribution in [3.8, 4) is 0 Å². The van der Waals surface area contributed by atoms with E-state index in [-0.39, 0.29) is 0 Å². The highest BCUT2D eigenvalue weighted by Gasteiger charge is 2.27. The molecule has 0 aliphatic heterocycles. The fourth-order valence-electron chi connectivity index (χ4n) is 0.741. The molecule has 5 nitrogen and oxygen atoms in total. The van der Waals surface area contributed by atoms with Crippen LogP contribution in [0.1, 0.15) is 19.7 Å². The van der Waals surface area contributed by atoms with Crippen LogP contribution in [-0.2, 0) is 4.79 Å². The van der Waals surface area contributed by atoms with E-state index in [0.717, 1.165) is 0 Å². The number of hydrogen-bond donors (Lipinski definition) is 2. The van der Waals surface area contributed by atoms with E-state index < -0.39 is 11.4 Å². The molecule has 14 heavy (non-hydrogen) atoms. The van der Waals surface area contributed by atoms with Gasteiger partial charge in [0.2, 0.25) is 5.13 Å². The second-order valence-electron chi connectivity index (χ2n) is 3.69. The van der Waals surface area contributed by atoms with Crippen LogP contribution in [0.2, 0.25) is 0 Å². The molecular weight excluding hydrogens is 202 g/mol. The Morgan fingerprint density at radius 2 is 2.29 bits per heavy atom. The first-order chi connectivity index (χ1) is 6.42. The first-order valence-corrected chi connectivity index (χ1v) is 4.97. The van der Waals surface area contributed by atoms with Crippen molar-refractivity contribution in [1.29, 1.82) is 0 Å². The molecule has 78 valence electrons. The van der Waals surface area contributed by atoms with Gasteiger partial charge in [-0.15, -0.1) is 0 Å². The van der Waals surface area contributed by atoms with Gasteiger partial charge in [0.1, 0.15) is 5.82 Å². The van der Waals surface area contributed by atoms with Gasteiger partial charge in [-0.3, -0.25) is 4.79 Å². The van der Waals surface area contributed by atoms with Crippen molar-refractivity contribution in [3.05, 3.63) is 5.82 Å². The zero-order valence-electron chi connectivity index (χ0n) is 8.37. The fraction of sp³-hybridized carbons (Fsp3) is 0.625. The molecule has 1 rings (SSSR count). The van der Waals surface area contributed by atoms with Crippen LogP contribution < -0.4 is 5.32 Å². The van der Waals surface area contributed by atoms with E-state index in [0.29, 0.717) is 17.5 Å². The van der Waals surface area contributed by atoms with Crippen LogP contribution in [-0.4, -0.2) is 27.0 Å². The molecule has 0 aliphatic rings. The summed E-state index contributed by atoms with van der Waals surface area (Å²) in [5, 5.41) is 12.5. The molecule has 0 fully saturated rings. The van der Waals surface area contributed by atoms with Crippen molar-refractivity contribution in [2.24, 2.45) is 5.41 Å². The number of hydrogen-bond acceptors (Lipinski definition) is 5. The van der Waals surface area contributed by atoms with Crippen molar-refractivity contribution in [1.82, 2.24) is 9.36 Å². The molecule has 0 unspecified atom stereocenters. The predicted octanol–water partition coefficient (Wildman–Crippen LogP) is 1.37. The molecule has 1 aromatic rings. The summed E-state index contributed by atoms with van der Waals surface area (Å²) in [6, 6.07) is 0. The number of rotatable bonds is 4. The van der Waals surface area contributed by atoms with E-state index in [1.54, 1.807) is 20.8 Å². The Labute approximate surface area is 86.3 Å². The highest BCUT2D eigenvalue weighted by Crippen LogP contribution is 2.17. The van der Waals surface area contributed by atoms with Crippen LogP contribution in [0, 0.1) is 12.3 Å². The van der Waals surface area contributed by atoms with Crippen molar-refractivity contribution in [2.75, 3.05) is 11.9 Å². The number of nitrogens with zero attached hydrogens (tertiary/aromatic N) is 2. The van der Waals surface area contributed by atoms with E-state index in [1.165, 1.54) is 11.5 Å². The summed E-state index contributed by atoms with van der Waals surface area (Å²) in [5.41, 5.74) is -0.792. The zero-order chi connectivity index (χ0) is 10.8. The Bertz CT molecular complexity index is 335. The highest BCUT2D eigenvalue weighted by molar-refractivity contribution is 7.09. The van der Waals surface area contributed by atoms with Gasteiger partial charge in [0.05, 0.1) is 5.41 Å². The number of aliphatic carboxylic acids is 1. The minimum absolute atomic E-state index is 0.344. The van der Waals surface area contributed by atoms with Crippen LogP contribution in [0.25, 0.3) is 0 Å². The SMILES string of the molecule is Cc1nsc(NCC(C)(C)C(=O)O)n1. The van der Waals surface area contributed by atoms with Crippen LogP contribution in [0.5, 0.6) is 0 Å². The fourth-order valence-corrected chi connectivity index (χ4v) is 1.31. The third-order valence-corrected chi connectivity index (χ3v) is 2.55. The van der Waals surface area contributed by atoms with Crippen molar-refractivity contribution < 1.29 is 9.90 Å². The number of aryl methyl sites for hydroxylation is 1. The summed E-state index contributed by atoms with van der Waals surface area (Å²) in [6.45, 7) is 5.47. The van der Waals surface area contributed by atoms with Crippen LogP contribution >= 0.6 is 11.5 Å². The molecule has 1 aromatic heterocycles. The Morgan fingerprint density at radius 3 is 2.71 bits per heavy atom. The first kappa shape index (κ1) is 10.9. The summed E-state index contributed by atoms with van der Waals surface area (Å²) in [4.78, 5) is 14.9. The highest BCUT2D eigenvalue weighted by atomic mass is 32.1. The maximum Gasteiger partial charge on any atom is 0.310 e. The van der Waals surface area contributed by atoms with Gasteiger partial charge in [-0.25, -0.2) is 4.98 Å². The zero-order valence-corrected chi connectivity index (χ0v) is 9.18. The number of carbonyl (C=O) groups is 1. The smallest absolute Gasteiger partial charge is 0.310 e. The van der Waals surface area contributed by atoms with E-state index in [1.807, 2.05) is 0 Å². The van der Waals surface area contributed by atoms with Gasteiger partial charge < -0.3 is 10.4 Å². The first-order valence-electron chi connectivity index (χ1n) is 4.19. The molecule has 6 heteroatoms.